The van der Waals surface area contributed by atoms with Crippen LogP contribution in [0, 0.1) is 5.82 Å². The first-order valence-electron chi connectivity index (χ1n) is 5.96. The van der Waals surface area contributed by atoms with E-state index in [4.69, 9.17) is 11.6 Å². The molecule has 0 unspecified atom stereocenters. The maximum Gasteiger partial charge on any atom is 0.244 e. The number of hydrogen-bond donors (Lipinski definition) is 0. The van der Waals surface area contributed by atoms with Crippen molar-refractivity contribution in [2.75, 3.05) is 7.05 Å². The van der Waals surface area contributed by atoms with Crippen LogP contribution in [-0.4, -0.2) is 19.8 Å². The van der Waals surface area contributed by atoms with Gasteiger partial charge in [0.1, 0.15) is 5.82 Å². The van der Waals surface area contributed by atoms with Crippen LogP contribution in [0.5, 0.6) is 0 Å². The topological polar surface area (TPSA) is 37.4 Å². The van der Waals surface area contributed by atoms with E-state index in [2.05, 4.69) is 15.9 Å². The molecule has 112 valence electrons. The van der Waals surface area contributed by atoms with Crippen LogP contribution >= 0.6 is 27.5 Å². The summed E-state index contributed by atoms with van der Waals surface area (Å²) < 4.78 is 39.4. The van der Waals surface area contributed by atoms with Gasteiger partial charge in [-0.05, 0) is 51.8 Å². The van der Waals surface area contributed by atoms with Gasteiger partial charge < -0.3 is 0 Å². The molecule has 0 aliphatic carbocycles. The zero-order chi connectivity index (χ0) is 15.6. The summed E-state index contributed by atoms with van der Waals surface area (Å²) in [6, 6.07) is 10.4. The molecule has 2 rings (SSSR count). The van der Waals surface area contributed by atoms with Crippen molar-refractivity contribution in [3.8, 4) is 0 Å². The van der Waals surface area contributed by atoms with Crippen LogP contribution in [-0.2, 0) is 16.6 Å². The Morgan fingerprint density at radius 2 is 1.81 bits per heavy atom. The van der Waals surface area contributed by atoms with Gasteiger partial charge in [0.25, 0.3) is 0 Å². The van der Waals surface area contributed by atoms with Gasteiger partial charge >= 0.3 is 0 Å². The van der Waals surface area contributed by atoms with E-state index in [0.717, 1.165) is 17.7 Å². The highest BCUT2D eigenvalue weighted by molar-refractivity contribution is 9.10. The summed E-state index contributed by atoms with van der Waals surface area (Å²) in [5.74, 6) is -0.499. The molecule has 0 aromatic heterocycles. The summed E-state index contributed by atoms with van der Waals surface area (Å²) in [4.78, 5) is 0.0281. The molecule has 0 amide bonds. The van der Waals surface area contributed by atoms with Gasteiger partial charge in [0.15, 0.2) is 0 Å². The fourth-order valence-corrected chi connectivity index (χ4v) is 4.07. The minimum Gasteiger partial charge on any atom is -0.207 e. The van der Waals surface area contributed by atoms with Crippen molar-refractivity contribution in [2.45, 2.75) is 11.4 Å². The number of halogens is 3. The fraction of sp³-hybridized carbons (Fsp3) is 0.143. The average molecular weight is 393 g/mol. The van der Waals surface area contributed by atoms with Gasteiger partial charge in [0, 0.05) is 23.1 Å². The van der Waals surface area contributed by atoms with Crippen molar-refractivity contribution in [2.24, 2.45) is 0 Å². The summed E-state index contributed by atoms with van der Waals surface area (Å²) in [5.41, 5.74) is 0.809. The minimum absolute atomic E-state index is 0.0281. The Balaban J connectivity index is 2.28. The van der Waals surface area contributed by atoms with Crippen LogP contribution in [0.1, 0.15) is 5.56 Å². The zero-order valence-corrected chi connectivity index (χ0v) is 14.2. The Kier molecular flexibility index (Phi) is 5.03. The van der Waals surface area contributed by atoms with E-state index in [1.807, 2.05) is 0 Å². The summed E-state index contributed by atoms with van der Waals surface area (Å²) in [7, 11) is -2.24. The molecular formula is C14H12BrClFNO2S. The molecule has 0 radical (unpaired) electrons. The first-order valence-corrected chi connectivity index (χ1v) is 8.57. The molecule has 0 atom stereocenters. The van der Waals surface area contributed by atoms with E-state index in [9.17, 15) is 12.8 Å². The first kappa shape index (κ1) is 16.4. The monoisotopic (exact) mass is 391 g/mol. The largest absolute Gasteiger partial charge is 0.244 e. The SMILES string of the molecule is CN(Cc1ccc(Cl)cc1)S(=O)(=O)c1ccc(F)cc1Br. The third-order valence-corrected chi connectivity index (χ3v) is 5.93. The Labute approximate surface area is 136 Å². The quantitative estimate of drug-likeness (QED) is 0.787. The predicted molar refractivity (Wildman–Crippen MR) is 84.2 cm³/mol. The van der Waals surface area contributed by atoms with Crippen LogP contribution < -0.4 is 0 Å². The number of benzene rings is 2. The van der Waals surface area contributed by atoms with E-state index in [1.54, 1.807) is 24.3 Å². The normalized spacial score (nSPS) is 11.9. The molecule has 0 fully saturated rings. The lowest BCUT2D eigenvalue weighted by Crippen LogP contribution is -2.26. The zero-order valence-electron chi connectivity index (χ0n) is 11.1. The molecule has 2 aromatic rings. The molecule has 0 heterocycles. The molecule has 0 saturated heterocycles. The van der Waals surface area contributed by atoms with Gasteiger partial charge in [-0.1, -0.05) is 23.7 Å². The molecular weight excluding hydrogens is 381 g/mol. The number of rotatable bonds is 4. The van der Waals surface area contributed by atoms with Crippen molar-refractivity contribution >= 4 is 37.6 Å². The smallest absolute Gasteiger partial charge is 0.207 e. The van der Waals surface area contributed by atoms with Crippen LogP contribution in [0.4, 0.5) is 4.39 Å². The molecule has 0 aliphatic rings. The molecule has 0 aliphatic heterocycles. The van der Waals surface area contributed by atoms with Crippen LogP contribution in [0.2, 0.25) is 5.02 Å². The number of nitrogens with zero attached hydrogens (tertiary/aromatic N) is 1. The third-order valence-electron chi connectivity index (χ3n) is 2.90. The Morgan fingerprint density at radius 3 is 2.38 bits per heavy atom. The van der Waals surface area contributed by atoms with Gasteiger partial charge in [-0.2, -0.15) is 4.31 Å². The van der Waals surface area contributed by atoms with Gasteiger partial charge in [-0.3, -0.25) is 0 Å². The molecule has 0 N–H and O–H groups in total. The maximum absolute atomic E-state index is 13.1. The molecule has 0 saturated carbocycles. The lowest BCUT2D eigenvalue weighted by Gasteiger charge is -2.18. The van der Waals surface area contributed by atoms with Crippen LogP contribution in [0.3, 0.4) is 0 Å². The van der Waals surface area contributed by atoms with Gasteiger partial charge in [0.05, 0.1) is 4.90 Å². The highest BCUT2D eigenvalue weighted by Gasteiger charge is 2.23. The first-order chi connectivity index (χ1) is 9.80. The highest BCUT2D eigenvalue weighted by atomic mass is 79.9. The maximum atomic E-state index is 13.1. The molecule has 2 aromatic carbocycles. The minimum atomic E-state index is -3.71. The Morgan fingerprint density at radius 1 is 1.19 bits per heavy atom. The summed E-state index contributed by atoms with van der Waals surface area (Å²) >= 11 is 8.88. The summed E-state index contributed by atoms with van der Waals surface area (Å²) in [6.07, 6.45) is 0. The second-order valence-corrected chi connectivity index (χ2v) is 7.77. The van der Waals surface area contributed by atoms with Crippen molar-refractivity contribution in [3.63, 3.8) is 0 Å². The van der Waals surface area contributed by atoms with E-state index in [0.29, 0.717) is 5.02 Å². The van der Waals surface area contributed by atoms with Crippen molar-refractivity contribution in [1.29, 1.82) is 0 Å². The standard InChI is InChI=1S/C14H12BrClFNO2S/c1-18(9-10-2-4-11(16)5-3-10)21(19,20)14-7-6-12(17)8-13(14)15/h2-8H,9H2,1H3. The van der Waals surface area contributed by atoms with Crippen molar-refractivity contribution in [1.82, 2.24) is 4.31 Å². The van der Waals surface area contributed by atoms with Gasteiger partial charge in [-0.15, -0.1) is 0 Å². The highest BCUT2D eigenvalue weighted by Crippen LogP contribution is 2.26. The second-order valence-electron chi connectivity index (χ2n) is 4.46. The summed E-state index contributed by atoms with van der Waals surface area (Å²) in [6.45, 7) is 0.198. The van der Waals surface area contributed by atoms with Crippen molar-refractivity contribution in [3.05, 3.63) is 63.3 Å². The number of hydrogen-bond acceptors (Lipinski definition) is 2. The van der Waals surface area contributed by atoms with Gasteiger partial charge in [0.2, 0.25) is 10.0 Å². The van der Waals surface area contributed by atoms with E-state index in [-0.39, 0.29) is 15.9 Å². The molecule has 0 bridgehead atoms. The lowest BCUT2D eigenvalue weighted by atomic mass is 10.2. The van der Waals surface area contributed by atoms with E-state index >= 15 is 0 Å². The molecule has 3 nitrogen and oxygen atoms in total. The molecule has 0 spiro atoms. The predicted octanol–water partition coefficient (Wildman–Crippen LogP) is 4.06. The van der Waals surface area contributed by atoms with Crippen molar-refractivity contribution < 1.29 is 12.8 Å². The van der Waals surface area contributed by atoms with Crippen LogP contribution in [0.15, 0.2) is 51.8 Å². The second kappa shape index (κ2) is 6.44. The Bertz CT molecular complexity index is 750. The third kappa shape index (κ3) is 3.83. The average Bonchev–Trinajstić information content (AvgIpc) is 2.40. The van der Waals surface area contributed by atoms with E-state index < -0.39 is 15.8 Å². The summed E-state index contributed by atoms with van der Waals surface area (Å²) in [5, 5.41) is 0.588. The van der Waals surface area contributed by atoms with E-state index in [1.165, 1.54) is 17.4 Å². The van der Waals surface area contributed by atoms with Crippen LogP contribution in [0.25, 0.3) is 0 Å². The van der Waals surface area contributed by atoms with Gasteiger partial charge in [-0.25, -0.2) is 12.8 Å². The molecule has 7 heteroatoms. The fourth-order valence-electron chi connectivity index (χ4n) is 1.78. The lowest BCUT2D eigenvalue weighted by molar-refractivity contribution is 0.466. The number of sulfonamides is 1. The Hall–Kier alpha value is -0.950. The molecule has 21 heavy (non-hydrogen) atoms.